The van der Waals surface area contributed by atoms with Crippen molar-refractivity contribution in [2.75, 3.05) is 29.0 Å². The Balaban J connectivity index is 1.81. The summed E-state index contributed by atoms with van der Waals surface area (Å²) >= 11 is 0. The van der Waals surface area contributed by atoms with Crippen LogP contribution in [-0.4, -0.2) is 33.7 Å². The number of amides is 1. The molecule has 0 fully saturated rings. The molecule has 6 nitrogen and oxygen atoms in total. The predicted molar refractivity (Wildman–Crippen MR) is 120 cm³/mol. The highest BCUT2D eigenvalue weighted by molar-refractivity contribution is 7.92. The molecule has 0 unspecified atom stereocenters. The number of benzene rings is 3. The number of hydrogen-bond acceptors (Lipinski definition) is 4. The van der Waals surface area contributed by atoms with Crippen molar-refractivity contribution in [1.29, 1.82) is 0 Å². The van der Waals surface area contributed by atoms with Gasteiger partial charge in [-0.15, -0.1) is 0 Å². The van der Waals surface area contributed by atoms with Crippen molar-refractivity contribution in [1.82, 2.24) is 0 Å². The first kappa shape index (κ1) is 21.4. The summed E-state index contributed by atoms with van der Waals surface area (Å²) in [6, 6.07) is 23.7. The molecule has 156 valence electrons. The molecule has 3 aromatic rings. The first-order chi connectivity index (χ1) is 14.4. The maximum Gasteiger partial charge on any atom is 0.245 e. The van der Waals surface area contributed by atoms with Crippen LogP contribution in [0.3, 0.4) is 0 Å². The van der Waals surface area contributed by atoms with Crippen LogP contribution in [0.15, 0.2) is 78.9 Å². The third-order valence-electron chi connectivity index (χ3n) is 4.41. The minimum atomic E-state index is -3.66. The Morgan fingerprint density at radius 3 is 2.20 bits per heavy atom. The summed E-state index contributed by atoms with van der Waals surface area (Å²) in [6.45, 7) is 2.04. The Morgan fingerprint density at radius 2 is 1.57 bits per heavy atom. The van der Waals surface area contributed by atoms with Crippen LogP contribution in [0, 0.1) is 0 Å². The van der Waals surface area contributed by atoms with Gasteiger partial charge in [-0.05, 0) is 42.8 Å². The smallest absolute Gasteiger partial charge is 0.245 e. The summed E-state index contributed by atoms with van der Waals surface area (Å²) in [4.78, 5) is 12.8. The highest BCUT2D eigenvalue weighted by Crippen LogP contribution is 2.28. The van der Waals surface area contributed by atoms with Crippen molar-refractivity contribution in [3.8, 4) is 16.9 Å². The van der Waals surface area contributed by atoms with Crippen LogP contribution in [-0.2, 0) is 14.8 Å². The third-order valence-corrected chi connectivity index (χ3v) is 5.55. The molecule has 3 rings (SSSR count). The molecule has 0 radical (unpaired) electrons. The molecule has 1 N–H and O–H groups in total. The minimum Gasteiger partial charge on any atom is -0.494 e. The summed E-state index contributed by atoms with van der Waals surface area (Å²) in [5, 5.41) is 2.84. The Kier molecular flexibility index (Phi) is 6.74. The molecule has 0 heterocycles. The van der Waals surface area contributed by atoms with Gasteiger partial charge in [-0.2, -0.15) is 0 Å². The maximum absolute atomic E-state index is 12.8. The van der Waals surface area contributed by atoms with E-state index in [0.717, 1.165) is 21.7 Å². The maximum atomic E-state index is 12.8. The van der Waals surface area contributed by atoms with Gasteiger partial charge in [-0.1, -0.05) is 48.5 Å². The summed E-state index contributed by atoms with van der Waals surface area (Å²) in [5.74, 6) is 0.202. The number of para-hydroxylation sites is 1. The van der Waals surface area contributed by atoms with E-state index in [9.17, 15) is 13.2 Å². The van der Waals surface area contributed by atoms with Crippen molar-refractivity contribution in [3.63, 3.8) is 0 Å². The van der Waals surface area contributed by atoms with Crippen molar-refractivity contribution in [2.24, 2.45) is 0 Å². The Bertz CT molecular complexity index is 1100. The van der Waals surface area contributed by atoms with E-state index < -0.39 is 15.9 Å². The Hall–Kier alpha value is -3.32. The fourth-order valence-corrected chi connectivity index (χ4v) is 3.91. The number of carbonyl (C=O) groups is 1. The molecule has 0 saturated heterocycles. The number of carbonyl (C=O) groups excluding carboxylic acids is 1. The second kappa shape index (κ2) is 9.45. The van der Waals surface area contributed by atoms with Crippen LogP contribution in [0.1, 0.15) is 6.92 Å². The van der Waals surface area contributed by atoms with E-state index in [2.05, 4.69) is 5.32 Å². The fraction of sp³-hybridized carbons (Fsp3) is 0.174. The number of sulfonamides is 1. The third kappa shape index (κ3) is 5.39. The molecule has 30 heavy (non-hydrogen) atoms. The largest absolute Gasteiger partial charge is 0.494 e. The number of anilines is 2. The van der Waals surface area contributed by atoms with E-state index in [1.807, 2.05) is 55.5 Å². The molecular weight excluding hydrogens is 400 g/mol. The minimum absolute atomic E-state index is 0.337. The van der Waals surface area contributed by atoms with E-state index in [-0.39, 0.29) is 6.54 Å². The van der Waals surface area contributed by atoms with Crippen LogP contribution in [0.5, 0.6) is 5.75 Å². The van der Waals surface area contributed by atoms with Crippen molar-refractivity contribution in [3.05, 3.63) is 78.9 Å². The molecule has 0 aliphatic rings. The lowest BCUT2D eigenvalue weighted by Crippen LogP contribution is -2.37. The van der Waals surface area contributed by atoms with Crippen molar-refractivity contribution in [2.45, 2.75) is 6.92 Å². The van der Waals surface area contributed by atoms with E-state index >= 15 is 0 Å². The number of rotatable bonds is 8. The standard InChI is InChI=1S/C23H24N2O4S/c1-3-29-20-15-13-19(14-16-20)25(30(2,27)28)17-23(26)24-22-12-8-7-11-21(22)18-9-5-4-6-10-18/h4-16H,3,17H2,1-2H3,(H,24,26). The zero-order chi connectivity index (χ0) is 21.6. The Morgan fingerprint density at radius 1 is 0.933 bits per heavy atom. The summed E-state index contributed by atoms with van der Waals surface area (Å²) < 4.78 is 31.1. The topological polar surface area (TPSA) is 75.7 Å². The van der Waals surface area contributed by atoms with Crippen LogP contribution in [0.4, 0.5) is 11.4 Å². The van der Waals surface area contributed by atoms with Crippen LogP contribution in [0.2, 0.25) is 0 Å². The van der Waals surface area contributed by atoms with Gasteiger partial charge in [0.1, 0.15) is 12.3 Å². The first-order valence-corrected chi connectivity index (χ1v) is 11.4. The molecule has 0 aromatic heterocycles. The molecule has 0 saturated carbocycles. The molecule has 0 atom stereocenters. The zero-order valence-electron chi connectivity index (χ0n) is 16.9. The van der Waals surface area contributed by atoms with Gasteiger partial charge in [0.15, 0.2) is 0 Å². The van der Waals surface area contributed by atoms with Crippen LogP contribution >= 0.6 is 0 Å². The lowest BCUT2D eigenvalue weighted by Gasteiger charge is -2.22. The molecule has 0 bridgehead atoms. The number of ether oxygens (including phenoxy) is 1. The normalized spacial score (nSPS) is 11.0. The lowest BCUT2D eigenvalue weighted by atomic mass is 10.0. The van der Waals surface area contributed by atoms with Gasteiger partial charge in [0, 0.05) is 11.3 Å². The molecule has 7 heteroatoms. The van der Waals surface area contributed by atoms with Crippen LogP contribution < -0.4 is 14.4 Å². The van der Waals surface area contributed by atoms with Gasteiger partial charge < -0.3 is 10.1 Å². The monoisotopic (exact) mass is 424 g/mol. The Labute approximate surface area is 177 Å². The number of nitrogens with zero attached hydrogens (tertiary/aromatic N) is 1. The predicted octanol–water partition coefficient (Wildman–Crippen LogP) is 4.16. The fourth-order valence-electron chi connectivity index (χ4n) is 3.06. The van der Waals surface area contributed by atoms with E-state index in [1.54, 1.807) is 30.3 Å². The zero-order valence-corrected chi connectivity index (χ0v) is 17.7. The molecule has 0 aliphatic heterocycles. The number of nitrogens with one attached hydrogen (secondary N) is 1. The SMILES string of the molecule is CCOc1ccc(N(CC(=O)Nc2ccccc2-c2ccccc2)S(C)(=O)=O)cc1. The summed E-state index contributed by atoms with van der Waals surface area (Å²) in [7, 11) is -3.66. The van der Waals surface area contributed by atoms with Gasteiger partial charge in [0.05, 0.1) is 18.6 Å². The van der Waals surface area contributed by atoms with Gasteiger partial charge >= 0.3 is 0 Å². The van der Waals surface area contributed by atoms with Gasteiger partial charge in [0.25, 0.3) is 0 Å². The van der Waals surface area contributed by atoms with E-state index in [4.69, 9.17) is 4.74 Å². The summed E-state index contributed by atoms with van der Waals surface area (Å²) in [6.07, 6.45) is 1.08. The molecular formula is C23H24N2O4S. The lowest BCUT2D eigenvalue weighted by molar-refractivity contribution is -0.114. The van der Waals surface area contributed by atoms with Crippen molar-refractivity contribution < 1.29 is 17.9 Å². The van der Waals surface area contributed by atoms with Crippen LogP contribution in [0.25, 0.3) is 11.1 Å². The van der Waals surface area contributed by atoms with Gasteiger partial charge in [-0.25, -0.2) is 8.42 Å². The summed E-state index contributed by atoms with van der Waals surface area (Å²) in [5.41, 5.74) is 2.83. The molecule has 0 spiro atoms. The second-order valence-electron chi connectivity index (χ2n) is 6.66. The molecule has 0 aliphatic carbocycles. The molecule has 1 amide bonds. The quantitative estimate of drug-likeness (QED) is 0.589. The van der Waals surface area contributed by atoms with E-state index in [0.29, 0.717) is 23.7 Å². The highest BCUT2D eigenvalue weighted by Gasteiger charge is 2.21. The second-order valence-corrected chi connectivity index (χ2v) is 8.56. The average molecular weight is 425 g/mol. The highest BCUT2D eigenvalue weighted by atomic mass is 32.2. The average Bonchev–Trinajstić information content (AvgIpc) is 2.73. The molecule has 3 aromatic carbocycles. The van der Waals surface area contributed by atoms with Gasteiger partial charge in [-0.3, -0.25) is 9.10 Å². The van der Waals surface area contributed by atoms with E-state index in [1.165, 1.54) is 0 Å². The van der Waals surface area contributed by atoms with Crippen molar-refractivity contribution >= 4 is 27.3 Å². The first-order valence-electron chi connectivity index (χ1n) is 9.53. The van der Waals surface area contributed by atoms with Gasteiger partial charge in [0.2, 0.25) is 15.9 Å². The number of hydrogen-bond donors (Lipinski definition) is 1.